The average molecular weight is 841 g/mol. The standard InChI is InChI=1S/C21H33NO6S.C20H31NO6S/c1-3-5-7-8-9-10-16-20(23)22-17(13-6-4-2)21(24)28-18-14-11-12-15-19(18)29(25,26)27;1-2-3-4-5-7-14-19(22)21-16-11-6-8-15-20(23)27-17-12-9-10-13-18(17)28(24,25)26/h11-12,14-15,17H,3-10,13,16H2,1-2H3,(H,22,23)(H,25,26,27);9-10,12-13H,2-8,11,14-16H2,1H3,(H,21,22)(H,24,25,26). The van der Waals surface area contributed by atoms with E-state index in [1.807, 2.05) is 6.92 Å². The van der Waals surface area contributed by atoms with E-state index in [9.17, 15) is 40.6 Å². The molecule has 0 aliphatic heterocycles. The number of rotatable bonds is 28. The molecule has 16 heteroatoms. The van der Waals surface area contributed by atoms with Gasteiger partial charge in [-0.1, -0.05) is 122 Å². The average Bonchev–Trinajstić information content (AvgIpc) is 3.15. The van der Waals surface area contributed by atoms with Gasteiger partial charge in [-0.25, -0.2) is 4.79 Å². The first-order valence-corrected chi connectivity index (χ1v) is 23.1. The predicted octanol–water partition coefficient (Wildman–Crippen LogP) is 8.14. The Bertz CT molecular complexity index is 1720. The molecule has 2 aromatic rings. The first-order valence-electron chi connectivity index (χ1n) is 20.2. The zero-order valence-corrected chi connectivity index (χ0v) is 35.5. The number of esters is 2. The van der Waals surface area contributed by atoms with Crippen LogP contribution in [0.5, 0.6) is 11.5 Å². The van der Waals surface area contributed by atoms with Crippen molar-refractivity contribution < 1.29 is 54.6 Å². The number of amides is 2. The Morgan fingerprint density at radius 2 is 1.00 bits per heavy atom. The van der Waals surface area contributed by atoms with E-state index in [0.29, 0.717) is 38.6 Å². The summed E-state index contributed by atoms with van der Waals surface area (Å²) < 4.78 is 74.1. The van der Waals surface area contributed by atoms with Gasteiger partial charge in [-0.05, 0) is 56.4 Å². The van der Waals surface area contributed by atoms with Crippen molar-refractivity contribution >= 4 is 44.0 Å². The Labute approximate surface area is 339 Å². The molecule has 0 aliphatic carbocycles. The van der Waals surface area contributed by atoms with Gasteiger partial charge < -0.3 is 20.1 Å². The number of carbonyl (C=O) groups excluding carboxylic acids is 4. The maximum Gasteiger partial charge on any atom is 0.334 e. The quantitative estimate of drug-likeness (QED) is 0.0276. The molecule has 4 N–H and O–H groups in total. The van der Waals surface area contributed by atoms with E-state index in [1.165, 1.54) is 74.6 Å². The third kappa shape index (κ3) is 23.8. The topological polar surface area (TPSA) is 220 Å². The van der Waals surface area contributed by atoms with Gasteiger partial charge in [-0.2, -0.15) is 16.8 Å². The third-order valence-corrected chi connectivity index (χ3v) is 10.6. The van der Waals surface area contributed by atoms with Crippen LogP contribution in [0, 0.1) is 0 Å². The minimum atomic E-state index is -4.53. The predicted molar refractivity (Wildman–Crippen MR) is 218 cm³/mol. The first kappa shape index (κ1) is 51.2. The second-order valence-corrected chi connectivity index (χ2v) is 16.6. The highest BCUT2D eigenvalue weighted by Gasteiger charge is 2.25. The Kier molecular flexibility index (Phi) is 26.4. The summed E-state index contributed by atoms with van der Waals surface area (Å²) in [5, 5.41) is 5.58. The zero-order valence-electron chi connectivity index (χ0n) is 33.8. The number of hydrogen-bond donors (Lipinski definition) is 4. The van der Waals surface area contributed by atoms with Gasteiger partial charge in [0.15, 0.2) is 11.5 Å². The third-order valence-electron chi connectivity index (χ3n) is 8.80. The summed E-state index contributed by atoms with van der Waals surface area (Å²) >= 11 is 0. The van der Waals surface area contributed by atoms with E-state index < -0.39 is 48.0 Å². The van der Waals surface area contributed by atoms with Crippen LogP contribution in [0.15, 0.2) is 58.3 Å². The molecule has 0 saturated heterocycles. The SMILES string of the molecule is CCCCCCCC(=O)NCCCCCC(=O)Oc1ccccc1S(=O)(=O)O.CCCCCCCCC(=O)NC(CCCC)C(=O)Oc1ccccc1S(=O)(=O)O. The summed E-state index contributed by atoms with van der Waals surface area (Å²) in [4.78, 5) is 47.4. The van der Waals surface area contributed by atoms with Crippen molar-refractivity contribution in [3.05, 3.63) is 48.5 Å². The normalized spacial score (nSPS) is 11.8. The van der Waals surface area contributed by atoms with E-state index in [4.69, 9.17) is 14.0 Å². The van der Waals surface area contributed by atoms with Crippen LogP contribution >= 0.6 is 0 Å². The Morgan fingerprint density at radius 3 is 1.53 bits per heavy atom. The zero-order chi connectivity index (χ0) is 42.5. The highest BCUT2D eigenvalue weighted by molar-refractivity contribution is 7.86. The monoisotopic (exact) mass is 840 g/mol. The molecule has 0 saturated carbocycles. The van der Waals surface area contributed by atoms with Gasteiger partial charge in [0.2, 0.25) is 11.8 Å². The van der Waals surface area contributed by atoms with Gasteiger partial charge >= 0.3 is 11.9 Å². The van der Waals surface area contributed by atoms with Crippen molar-refractivity contribution in [3.63, 3.8) is 0 Å². The van der Waals surface area contributed by atoms with Crippen LogP contribution in [0.25, 0.3) is 0 Å². The molecular formula is C41H64N2O12S2. The van der Waals surface area contributed by atoms with Crippen LogP contribution in [0.4, 0.5) is 0 Å². The lowest BCUT2D eigenvalue weighted by molar-refractivity contribution is -0.139. The molecule has 0 spiro atoms. The number of carbonyl (C=O) groups is 4. The molecule has 2 amide bonds. The summed E-state index contributed by atoms with van der Waals surface area (Å²) in [5.41, 5.74) is 0. The van der Waals surface area contributed by atoms with Gasteiger partial charge in [0, 0.05) is 25.8 Å². The fraction of sp³-hybridized carbons (Fsp3) is 0.610. The van der Waals surface area contributed by atoms with Crippen LogP contribution in [0.3, 0.4) is 0 Å². The molecule has 1 unspecified atom stereocenters. The molecule has 0 bridgehead atoms. The Balaban J connectivity index is 0.000000570. The maximum absolute atomic E-state index is 12.6. The van der Waals surface area contributed by atoms with Crippen molar-refractivity contribution in [3.8, 4) is 11.5 Å². The lowest BCUT2D eigenvalue weighted by atomic mass is 10.1. The highest BCUT2D eigenvalue weighted by Crippen LogP contribution is 2.25. The Hall–Kier alpha value is -3.86. The van der Waals surface area contributed by atoms with Crippen LogP contribution < -0.4 is 20.1 Å². The van der Waals surface area contributed by atoms with E-state index in [-0.39, 0.29) is 29.7 Å². The molecular weight excluding hydrogens is 777 g/mol. The second-order valence-electron chi connectivity index (χ2n) is 13.8. The molecule has 2 aromatic carbocycles. The molecule has 0 aromatic heterocycles. The molecule has 0 fully saturated rings. The summed E-state index contributed by atoms with van der Waals surface area (Å²) in [6.45, 7) is 6.85. The summed E-state index contributed by atoms with van der Waals surface area (Å²) in [6.07, 6.45) is 17.0. The van der Waals surface area contributed by atoms with Gasteiger partial charge in [0.1, 0.15) is 15.8 Å². The molecule has 1 atom stereocenters. The van der Waals surface area contributed by atoms with E-state index in [0.717, 1.165) is 63.9 Å². The summed E-state index contributed by atoms with van der Waals surface area (Å²) in [5.74, 6) is -1.90. The minimum absolute atomic E-state index is 0.0673. The Morgan fingerprint density at radius 1 is 0.561 bits per heavy atom. The largest absolute Gasteiger partial charge is 0.425 e. The van der Waals surface area contributed by atoms with Crippen LogP contribution in [-0.2, 0) is 39.4 Å². The number of ether oxygens (including phenoxy) is 2. The summed E-state index contributed by atoms with van der Waals surface area (Å²) in [6, 6.07) is 9.92. The lowest BCUT2D eigenvalue weighted by Gasteiger charge is -2.18. The molecule has 57 heavy (non-hydrogen) atoms. The molecule has 0 aliphatic rings. The second kappa shape index (κ2) is 29.4. The van der Waals surface area contributed by atoms with Crippen molar-refractivity contribution in [2.45, 2.75) is 165 Å². The fourth-order valence-electron chi connectivity index (χ4n) is 5.61. The summed E-state index contributed by atoms with van der Waals surface area (Å²) in [7, 11) is -8.98. The number of hydrogen-bond acceptors (Lipinski definition) is 10. The molecule has 14 nitrogen and oxygen atoms in total. The first-order chi connectivity index (χ1) is 27.1. The van der Waals surface area contributed by atoms with Gasteiger partial charge in [-0.3, -0.25) is 23.5 Å². The fourth-order valence-corrected chi connectivity index (χ4v) is 6.84. The van der Waals surface area contributed by atoms with Crippen LogP contribution in [0.2, 0.25) is 0 Å². The molecule has 322 valence electrons. The van der Waals surface area contributed by atoms with Gasteiger partial charge in [0.05, 0.1) is 0 Å². The van der Waals surface area contributed by atoms with E-state index in [2.05, 4.69) is 24.5 Å². The molecule has 0 heterocycles. The number of benzene rings is 2. The van der Waals surface area contributed by atoms with E-state index >= 15 is 0 Å². The van der Waals surface area contributed by atoms with E-state index in [1.54, 1.807) is 0 Å². The van der Waals surface area contributed by atoms with Crippen molar-refractivity contribution in [1.82, 2.24) is 10.6 Å². The van der Waals surface area contributed by atoms with Crippen molar-refractivity contribution in [2.24, 2.45) is 0 Å². The van der Waals surface area contributed by atoms with Crippen LogP contribution in [0.1, 0.15) is 149 Å². The van der Waals surface area contributed by atoms with Crippen molar-refractivity contribution in [1.29, 1.82) is 0 Å². The van der Waals surface area contributed by atoms with Gasteiger partial charge in [0.25, 0.3) is 20.2 Å². The maximum atomic E-state index is 12.6. The highest BCUT2D eigenvalue weighted by atomic mass is 32.2. The number of unbranched alkanes of at least 4 members (excludes halogenated alkanes) is 12. The van der Waals surface area contributed by atoms with Crippen molar-refractivity contribution in [2.75, 3.05) is 6.54 Å². The lowest BCUT2D eigenvalue weighted by Crippen LogP contribution is -2.43. The smallest absolute Gasteiger partial charge is 0.334 e. The minimum Gasteiger partial charge on any atom is -0.425 e. The number of nitrogens with one attached hydrogen (secondary N) is 2. The number of para-hydroxylation sites is 2. The molecule has 2 rings (SSSR count). The van der Waals surface area contributed by atoms with Crippen LogP contribution in [-0.4, -0.2) is 62.3 Å². The molecule has 0 radical (unpaired) electrons. The van der Waals surface area contributed by atoms with Gasteiger partial charge in [-0.15, -0.1) is 0 Å².